The molecule has 0 saturated carbocycles. The number of fused-ring (bicyclic) bond motifs is 1. The average Bonchev–Trinajstić information content (AvgIpc) is 3.17. The largest absolute Gasteiger partial charge is 0.350 e. The molecule has 0 atom stereocenters. The summed E-state index contributed by atoms with van der Waals surface area (Å²) >= 11 is 1.54. The van der Waals surface area contributed by atoms with E-state index in [4.69, 9.17) is 0 Å². The van der Waals surface area contributed by atoms with Gasteiger partial charge in [-0.15, -0.1) is 0 Å². The van der Waals surface area contributed by atoms with Gasteiger partial charge >= 0.3 is 0 Å². The molecule has 4 aromatic rings. The Labute approximate surface area is 169 Å². The quantitative estimate of drug-likeness (QED) is 0.457. The molecule has 0 unspecified atom stereocenters. The molecule has 0 bridgehead atoms. The first kappa shape index (κ1) is 18.5. The van der Waals surface area contributed by atoms with E-state index in [-0.39, 0.29) is 0 Å². The third-order valence-corrected chi connectivity index (χ3v) is 5.27. The van der Waals surface area contributed by atoms with E-state index in [0.717, 1.165) is 16.4 Å². The van der Waals surface area contributed by atoms with E-state index in [9.17, 15) is 0 Å². The zero-order chi connectivity index (χ0) is 19.5. The van der Waals surface area contributed by atoms with Gasteiger partial charge in [0.1, 0.15) is 0 Å². The van der Waals surface area contributed by atoms with Crippen LogP contribution in [0.5, 0.6) is 0 Å². The summed E-state index contributed by atoms with van der Waals surface area (Å²) < 4.78 is 1.81. The van der Waals surface area contributed by atoms with Gasteiger partial charge in [0.2, 0.25) is 5.95 Å². The van der Waals surface area contributed by atoms with Gasteiger partial charge in [0.25, 0.3) is 0 Å². The monoisotopic (exact) mass is 389 g/mol. The van der Waals surface area contributed by atoms with Crippen LogP contribution in [0.15, 0.2) is 66.0 Å². The first-order valence-electron chi connectivity index (χ1n) is 9.34. The van der Waals surface area contributed by atoms with Gasteiger partial charge in [-0.25, -0.2) is 4.98 Å². The van der Waals surface area contributed by atoms with Crippen LogP contribution >= 0.6 is 11.8 Å². The van der Waals surface area contributed by atoms with Gasteiger partial charge in [-0.1, -0.05) is 80.2 Å². The van der Waals surface area contributed by atoms with Crippen molar-refractivity contribution in [1.29, 1.82) is 0 Å². The molecule has 0 aliphatic rings. The molecule has 2 aromatic carbocycles. The summed E-state index contributed by atoms with van der Waals surface area (Å²) in [6.07, 6.45) is 3.88. The maximum atomic E-state index is 4.67. The molecule has 0 radical (unpaired) electrons. The smallest absolute Gasteiger partial charge is 0.228 e. The normalized spacial score (nSPS) is 11.3. The standard InChI is InChI=1S/C22H23N5S/c1-15(2)19-14-24-27-20(19)25-22(28-3)26-21(27)23-13-17-11-7-8-12-18(17)16-9-5-4-6-10-16/h4-12,14-15H,13H2,1-3H3,(H,23,25,26). The molecule has 0 fully saturated rings. The van der Waals surface area contributed by atoms with Crippen molar-refractivity contribution >= 4 is 23.4 Å². The van der Waals surface area contributed by atoms with Gasteiger partial charge in [0.05, 0.1) is 6.20 Å². The minimum absolute atomic E-state index is 0.355. The number of anilines is 1. The van der Waals surface area contributed by atoms with E-state index >= 15 is 0 Å². The highest BCUT2D eigenvalue weighted by Gasteiger charge is 2.15. The molecule has 2 heterocycles. The Morgan fingerprint density at radius 2 is 1.75 bits per heavy atom. The number of benzene rings is 2. The van der Waals surface area contributed by atoms with Gasteiger partial charge < -0.3 is 5.32 Å². The second-order valence-corrected chi connectivity index (χ2v) is 7.67. The van der Waals surface area contributed by atoms with E-state index < -0.39 is 0 Å². The van der Waals surface area contributed by atoms with E-state index in [2.05, 4.69) is 82.8 Å². The Morgan fingerprint density at radius 1 is 1.00 bits per heavy atom. The molecule has 142 valence electrons. The Bertz CT molecular complexity index is 1090. The Balaban J connectivity index is 1.69. The van der Waals surface area contributed by atoms with Crippen molar-refractivity contribution in [2.24, 2.45) is 0 Å². The number of hydrogen-bond donors (Lipinski definition) is 1. The minimum atomic E-state index is 0.355. The second kappa shape index (κ2) is 8.02. The molecule has 0 amide bonds. The highest BCUT2D eigenvalue weighted by molar-refractivity contribution is 7.98. The number of thioether (sulfide) groups is 1. The number of aromatic nitrogens is 4. The van der Waals surface area contributed by atoms with E-state index in [1.54, 1.807) is 4.52 Å². The fourth-order valence-electron chi connectivity index (χ4n) is 3.24. The molecular weight excluding hydrogens is 366 g/mol. The average molecular weight is 390 g/mol. The maximum Gasteiger partial charge on any atom is 0.228 e. The molecule has 0 spiro atoms. The molecule has 28 heavy (non-hydrogen) atoms. The van der Waals surface area contributed by atoms with Crippen LogP contribution in [0.25, 0.3) is 16.8 Å². The highest BCUT2D eigenvalue weighted by Crippen LogP contribution is 2.26. The van der Waals surface area contributed by atoms with Crippen molar-refractivity contribution in [3.05, 3.63) is 71.9 Å². The molecule has 4 rings (SSSR count). The highest BCUT2D eigenvalue weighted by atomic mass is 32.2. The lowest BCUT2D eigenvalue weighted by Crippen LogP contribution is -2.10. The van der Waals surface area contributed by atoms with Crippen molar-refractivity contribution < 1.29 is 0 Å². The van der Waals surface area contributed by atoms with Gasteiger partial charge in [-0.05, 0) is 28.9 Å². The van der Waals surface area contributed by atoms with Crippen LogP contribution in [0, 0.1) is 0 Å². The van der Waals surface area contributed by atoms with Crippen molar-refractivity contribution in [3.63, 3.8) is 0 Å². The lowest BCUT2D eigenvalue weighted by atomic mass is 10.00. The summed E-state index contributed by atoms with van der Waals surface area (Å²) in [7, 11) is 0. The SMILES string of the molecule is CSc1nc(NCc2ccccc2-c2ccccc2)n2ncc(C(C)C)c2n1. The zero-order valence-electron chi connectivity index (χ0n) is 16.3. The Hall–Kier alpha value is -2.86. The molecule has 5 nitrogen and oxygen atoms in total. The zero-order valence-corrected chi connectivity index (χ0v) is 17.1. The maximum absolute atomic E-state index is 4.67. The van der Waals surface area contributed by atoms with Crippen LogP contribution in [0.3, 0.4) is 0 Å². The summed E-state index contributed by atoms with van der Waals surface area (Å²) in [5.41, 5.74) is 5.63. The summed E-state index contributed by atoms with van der Waals surface area (Å²) in [6, 6.07) is 18.9. The predicted molar refractivity (Wildman–Crippen MR) is 116 cm³/mol. The fourth-order valence-corrected chi connectivity index (χ4v) is 3.59. The van der Waals surface area contributed by atoms with Crippen molar-refractivity contribution in [2.75, 3.05) is 11.6 Å². The van der Waals surface area contributed by atoms with Crippen LogP contribution in [-0.4, -0.2) is 25.8 Å². The summed E-state index contributed by atoms with van der Waals surface area (Å²) in [6.45, 7) is 4.96. The molecule has 2 aromatic heterocycles. The lowest BCUT2D eigenvalue weighted by molar-refractivity contribution is 0.824. The van der Waals surface area contributed by atoms with Crippen LogP contribution in [0.1, 0.15) is 30.9 Å². The van der Waals surface area contributed by atoms with Crippen LogP contribution in [0.4, 0.5) is 5.95 Å². The van der Waals surface area contributed by atoms with Gasteiger partial charge in [-0.2, -0.15) is 14.6 Å². The molecular formula is C22H23N5S. The van der Waals surface area contributed by atoms with Crippen LogP contribution in [0.2, 0.25) is 0 Å². The topological polar surface area (TPSA) is 55.1 Å². The van der Waals surface area contributed by atoms with Crippen LogP contribution in [-0.2, 0) is 6.54 Å². The number of nitrogens with zero attached hydrogens (tertiary/aromatic N) is 4. The minimum Gasteiger partial charge on any atom is -0.350 e. The molecule has 0 aliphatic heterocycles. The predicted octanol–water partition coefficient (Wildman–Crippen LogP) is 5.25. The summed E-state index contributed by atoms with van der Waals surface area (Å²) in [5.74, 6) is 1.07. The third kappa shape index (κ3) is 3.60. The van der Waals surface area contributed by atoms with Crippen molar-refractivity contribution in [3.8, 4) is 11.1 Å². The Morgan fingerprint density at radius 3 is 2.50 bits per heavy atom. The van der Waals surface area contributed by atoms with E-state index in [0.29, 0.717) is 18.4 Å². The number of rotatable bonds is 6. The first-order valence-corrected chi connectivity index (χ1v) is 10.6. The van der Waals surface area contributed by atoms with E-state index in [1.165, 1.54) is 28.5 Å². The van der Waals surface area contributed by atoms with Gasteiger partial charge in [0.15, 0.2) is 10.8 Å². The fraction of sp³-hybridized carbons (Fsp3) is 0.227. The molecule has 0 aliphatic carbocycles. The second-order valence-electron chi connectivity index (χ2n) is 6.90. The van der Waals surface area contributed by atoms with Gasteiger partial charge in [0, 0.05) is 12.1 Å². The van der Waals surface area contributed by atoms with Crippen molar-refractivity contribution in [1.82, 2.24) is 19.6 Å². The lowest BCUT2D eigenvalue weighted by Gasteiger charge is -2.13. The number of nitrogens with one attached hydrogen (secondary N) is 1. The van der Waals surface area contributed by atoms with Gasteiger partial charge in [-0.3, -0.25) is 0 Å². The van der Waals surface area contributed by atoms with Crippen LogP contribution < -0.4 is 5.32 Å². The first-order chi connectivity index (χ1) is 13.7. The molecule has 0 saturated heterocycles. The van der Waals surface area contributed by atoms with E-state index in [1.807, 2.05) is 18.5 Å². The molecule has 1 N–H and O–H groups in total. The molecule has 6 heteroatoms. The Kier molecular flexibility index (Phi) is 5.30. The van der Waals surface area contributed by atoms with Crippen molar-refractivity contribution in [2.45, 2.75) is 31.5 Å². The summed E-state index contributed by atoms with van der Waals surface area (Å²) in [4.78, 5) is 9.32. The summed E-state index contributed by atoms with van der Waals surface area (Å²) in [5, 5.41) is 8.75. The number of hydrogen-bond acceptors (Lipinski definition) is 5. The third-order valence-electron chi connectivity index (χ3n) is 4.72.